The van der Waals surface area contributed by atoms with Gasteiger partial charge in [-0.25, -0.2) is 14.8 Å². The third-order valence-corrected chi connectivity index (χ3v) is 3.39. The normalized spacial score (nSPS) is 12.8. The molecule has 0 aliphatic rings. The van der Waals surface area contributed by atoms with Crippen LogP contribution in [0.4, 0.5) is 19.0 Å². The Kier molecular flexibility index (Phi) is 4.92. The topological polar surface area (TPSA) is 112 Å². The maximum atomic E-state index is 12.9. The van der Waals surface area contributed by atoms with Gasteiger partial charge in [-0.1, -0.05) is 15.9 Å². The number of anilines is 1. The Morgan fingerprint density at radius 2 is 1.92 bits per heavy atom. The van der Waals surface area contributed by atoms with E-state index in [1.54, 1.807) is 0 Å². The first-order valence-corrected chi connectivity index (χ1v) is 7.13. The van der Waals surface area contributed by atoms with E-state index in [0.29, 0.717) is 4.47 Å². The molecule has 0 radical (unpaired) electrons. The van der Waals surface area contributed by atoms with Gasteiger partial charge in [-0.05, 0) is 18.2 Å². The molecular weight excluding hydrogens is 399 g/mol. The van der Waals surface area contributed by atoms with E-state index in [1.165, 1.54) is 18.2 Å². The molecule has 3 N–H and O–H groups in total. The molecule has 1 unspecified atom stereocenters. The second kappa shape index (κ2) is 6.59. The zero-order valence-corrected chi connectivity index (χ0v) is 13.2. The lowest BCUT2D eigenvalue weighted by molar-refractivity contribution is -0.145. The van der Waals surface area contributed by atoms with Crippen LogP contribution in [0.5, 0.6) is 0 Å². The molecule has 7 nitrogen and oxygen atoms in total. The average Bonchev–Trinajstić information content (AvgIpc) is 2.45. The molecule has 128 valence electrons. The first-order chi connectivity index (χ1) is 11.1. The number of alkyl halides is 3. The summed E-state index contributed by atoms with van der Waals surface area (Å²) in [6, 6.07) is 2.51. The SMILES string of the molecule is O=C(O)CC(Nc1nc(C(F)(F)F)nc2ccc(Br)cc12)C(=O)O. The molecule has 0 saturated heterocycles. The molecule has 1 heterocycles. The second-order valence-corrected chi connectivity index (χ2v) is 5.60. The molecular formula is C13H9BrF3N3O4. The Bertz CT molecular complexity index is 813. The van der Waals surface area contributed by atoms with Crippen LogP contribution in [0.1, 0.15) is 12.2 Å². The Balaban J connectivity index is 2.59. The first-order valence-electron chi connectivity index (χ1n) is 6.33. The van der Waals surface area contributed by atoms with E-state index in [2.05, 4.69) is 31.2 Å². The summed E-state index contributed by atoms with van der Waals surface area (Å²) < 4.78 is 39.2. The van der Waals surface area contributed by atoms with Crippen molar-refractivity contribution in [2.45, 2.75) is 18.6 Å². The highest BCUT2D eigenvalue weighted by Crippen LogP contribution is 2.31. The van der Waals surface area contributed by atoms with Crippen LogP contribution < -0.4 is 5.32 Å². The van der Waals surface area contributed by atoms with Gasteiger partial charge in [-0.2, -0.15) is 13.2 Å². The van der Waals surface area contributed by atoms with Crippen molar-refractivity contribution in [3.8, 4) is 0 Å². The number of carbonyl (C=O) groups is 2. The maximum absolute atomic E-state index is 12.9. The van der Waals surface area contributed by atoms with Crippen LogP contribution in [0.15, 0.2) is 22.7 Å². The third-order valence-electron chi connectivity index (χ3n) is 2.90. The summed E-state index contributed by atoms with van der Waals surface area (Å²) in [7, 11) is 0. The number of hydrogen-bond acceptors (Lipinski definition) is 5. The zero-order valence-electron chi connectivity index (χ0n) is 11.6. The van der Waals surface area contributed by atoms with E-state index >= 15 is 0 Å². The minimum absolute atomic E-state index is 0.0671. The van der Waals surface area contributed by atoms with Gasteiger partial charge < -0.3 is 15.5 Å². The fraction of sp³-hybridized carbons (Fsp3) is 0.231. The molecule has 2 aromatic rings. The summed E-state index contributed by atoms with van der Waals surface area (Å²) in [5.41, 5.74) is -0.0671. The third kappa shape index (κ3) is 4.10. The lowest BCUT2D eigenvalue weighted by Gasteiger charge is -2.16. The van der Waals surface area contributed by atoms with Gasteiger partial charge in [-0.15, -0.1) is 0 Å². The molecule has 24 heavy (non-hydrogen) atoms. The van der Waals surface area contributed by atoms with Crippen molar-refractivity contribution in [1.29, 1.82) is 0 Å². The van der Waals surface area contributed by atoms with Crippen LogP contribution in [0, 0.1) is 0 Å². The quantitative estimate of drug-likeness (QED) is 0.698. The summed E-state index contributed by atoms with van der Waals surface area (Å²) in [4.78, 5) is 28.6. The predicted octanol–water partition coefficient (Wildman–Crippen LogP) is 2.75. The molecule has 0 bridgehead atoms. The van der Waals surface area contributed by atoms with Gasteiger partial charge in [0.1, 0.15) is 11.9 Å². The molecule has 0 aliphatic carbocycles. The van der Waals surface area contributed by atoms with Gasteiger partial charge in [0.15, 0.2) is 0 Å². The van der Waals surface area contributed by atoms with Crippen LogP contribution in [0.2, 0.25) is 0 Å². The van der Waals surface area contributed by atoms with Crippen molar-refractivity contribution >= 4 is 44.6 Å². The lowest BCUT2D eigenvalue weighted by atomic mass is 10.2. The Hall–Kier alpha value is -2.43. The van der Waals surface area contributed by atoms with Gasteiger partial charge in [0.05, 0.1) is 11.9 Å². The van der Waals surface area contributed by atoms with Crippen molar-refractivity contribution in [1.82, 2.24) is 9.97 Å². The summed E-state index contributed by atoms with van der Waals surface area (Å²) in [5, 5.41) is 20.1. The van der Waals surface area contributed by atoms with Gasteiger partial charge >= 0.3 is 18.1 Å². The fourth-order valence-electron chi connectivity index (χ4n) is 1.88. The molecule has 1 atom stereocenters. The van der Waals surface area contributed by atoms with Crippen molar-refractivity contribution in [2.24, 2.45) is 0 Å². The second-order valence-electron chi connectivity index (χ2n) is 4.69. The van der Waals surface area contributed by atoms with E-state index in [4.69, 9.17) is 10.2 Å². The number of fused-ring (bicyclic) bond motifs is 1. The molecule has 1 aromatic carbocycles. The largest absolute Gasteiger partial charge is 0.481 e. The van der Waals surface area contributed by atoms with Crippen molar-refractivity contribution in [3.63, 3.8) is 0 Å². The highest BCUT2D eigenvalue weighted by Gasteiger charge is 2.36. The number of benzene rings is 1. The number of halogens is 4. The fourth-order valence-corrected chi connectivity index (χ4v) is 2.24. The van der Waals surface area contributed by atoms with E-state index in [-0.39, 0.29) is 10.9 Å². The number of carboxylic acid groups (broad SMARTS) is 2. The van der Waals surface area contributed by atoms with Crippen LogP contribution in [-0.4, -0.2) is 38.2 Å². The molecule has 0 spiro atoms. The maximum Gasteiger partial charge on any atom is 0.451 e. The average molecular weight is 408 g/mol. The Labute approximate surface area is 140 Å². The summed E-state index contributed by atoms with van der Waals surface area (Å²) in [6.45, 7) is 0. The Morgan fingerprint density at radius 1 is 1.25 bits per heavy atom. The predicted molar refractivity (Wildman–Crippen MR) is 79.5 cm³/mol. The molecule has 0 fully saturated rings. The van der Waals surface area contributed by atoms with Gasteiger partial charge in [0.25, 0.3) is 0 Å². The number of hydrogen-bond donors (Lipinski definition) is 3. The van der Waals surface area contributed by atoms with Gasteiger partial charge in [-0.3, -0.25) is 4.79 Å². The van der Waals surface area contributed by atoms with Gasteiger partial charge in [0.2, 0.25) is 5.82 Å². The van der Waals surface area contributed by atoms with E-state index in [9.17, 15) is 22.8 Å². The van der Waals surface area contributed by atoms with Crippen LogP contribution >= 0.6 is 15.9 Å². The van der Waals surface area contributed by atoms with Crippen molar-refractivity contribution in [3.05, 3.63) is 28.5 Å². The molecule has 11 heteroatoms. The van der Waals surface area contributed by atoms with Crippen LogP contribution in [0.3, 0.4) is 0 Å². The smallest absolute Gasteiger partial charge is 0.451 e. The first kappa shape index (κ1) is 17.9. The number of aromatic nitrogens is 2. The number of nitrogens with one attached hydrogen (secondary N) is 1. The van der Waals surface area contributed by atoms with E-state index in [0.717, 1.165) is 0 Å². The van der Waals surface area contributed by atoms with E-state index < -0.39 is 42.2 Å². The highest BCUT2D eigenvalue weighted by molar-refractivity contribution is 9.10. The minimum Gasteiger partial charge on any atom is -0.481 e. The van der Waals surface area contributed by atoms with Crippen molar-refractivity contribution in [2.75, 3.05) is 5.32 Å². The number of carboxylic acids is 2. The standard InChI is InChI=1S/C13H9BrF3N3O4/c14-5-1-2-7-6(3-5)10(20-12(19-7)13(15,16)17)18-8(11(23)24)4-9(21)22/h1-3,8H,4H2,(H,21,22)(H,23,24)(H,18,19,20). The number of nitrogens with zero attached hydrogens (tertiary/aromatic N) is 2. The number of rotatable bonds is 5. The molecule has 0 amide bonds. The molecule has 2 rings (SSSR count). The Morgan fingerprint density at radius 3 is 2.46 bits per heavy atom. The van der Waals surface area contributed by atoms with Gasteiger partial charge in [0, 0.05) is 9.86 Å². The number of aliphatic carboxylic acids is 2. The van der Waals surface area contributed by atoms with E-state index in [1.807, 2.05) is 0 Å². The van der Waals surface area contributed by atoms with Crippen LogP contribution in [0.25, 0.3) is 10.9 Å². The lowest BCUT2D eigenvalue weighted by Crippen LogP contribution is -2.32. The minimum atomic E-state index is -4.84. The monoisotopic (exact) mass is 407 g/mol. The van der Waals surface area contributed by atoms with Crippen molar-refractivity contribution < 1.29 is 33.0 Å². The molecule has 0 saturated carbocycles. The summed E-state index contributed by atoms with van der Waals surface area (Å²) in [5.74, 6) is -4.83. The summed E-state index contributed by atoms with van der Waals surface area (Å²) in [6.07, 6.45) is -5.68. The van der Waals surface area contributed by atoms with Crippen LogP contribution in [-0.2, 0) is 15.8 Å². The summed E-state index contributed by atoms with van der Waals surface area (Å²) >= 11 is 3.14. The molecule has 0 aliphatic heterocycles. The highest BCUT2D eigenvalue weighted by atomic mass is 79.9. The zero-order chi connectivity index (χ0) is 18.1. The molecule has 1 aromatic heterocycles.